The van der Waals surface area contributed by atoms with Gasteiger partial charge in [0.05, 0.1) is 0 Å². The third-order valence-corrected chi connectivity index (χ3v) is 6.65. The number of fused-ring (bicyclic) bond motifs is 1. The Balaban J connectivity index is 1.92. The van der Waals surface area contributed by atoms with Crippen molar-refractivity contribution in [2.75, 3.05) is 45.8 Å². The van der Waals surface area contributed by atoms with Crippen LogP contribution in [0.3, 0.4) is 0 Å². The molecule has 0 amide bonds. The third kappa shape index (κ3) is 11.1. The van der Waals surface area contributed by atoms with E-state index in [9.17, 15) is 0 Å². The van der Waals surface area contributed by atoms with Gasteiger partial charge in [0, 0.05) is 63.4 Å². The lowest BCUT2D eigenvalue weighted by Crippen LogP contribution is -2.54. The second-order valence-electron chi connectivity index (χ2n) is 9.15. The fourth-order valence-corrected chi connectivity index (χ4v) is 4.79. The van der Waals surface area contributed by atoms with E-state index in [0.717, 1.165) is 52.2 Å². The first-order valence-corrected chi connectivity index (χ1v) is 12.7. The van der Waals surface area contributed by atoms with Crippen LogP contribution in [0.1, 0.15) is 77.6 Å². The Hall–Kier alpha value is -0.240. The molecular formula is C23H50N6. The first-order chi connectivity index (χ1) is 14.3. The van der Waals surface area contributed by atoms with Gasteiger partial charge in [0.2, 0.25) is 0 Å². The number of unbranched alkanes of at least 4 members (excludes halogenated alkanes) is 3. The van der Waals surface area contributed by atoms with Gasteiger partial charge in [-0.05, 0) is 38.6 Å². The van der Waals surface area contributed by atoms with Crippen molar-refractivity contribution in [3.63, 3.8) is 0 Å². The summed E-state index contributed by atoms with van der Waals surface area (Å²) < 4.78 is 0. The summed E-state index contributed by atoms with van der Waals surface area (Å²) in [5.74, 6) is 0. The lowest BCUT2D eigenvalue weighted by atomic mass is 9.90. The zero-order chi connectivity index (χ0) is 20.6. The molecule has 6 heteroatoms. The Bertz CT molecular complexity index is 380. The molecule has 6 nitrogen and oxygen atoms in total. The Morgan fingerprint density at radius 3 is 2.03 bits per heavy atom. The number of hydrogen-bond acceptors (Lipinski definition) is 6. The molecule has 172 valence electrons. The Labute approximate surface area is 180 Å². The van der Waals surface area contributed by atoms with E-state index < -0.39 is 0 Å². The molecule has 1 aliphatic carbocycles. The van der Waals surface area contributed by atoms with Crippen LogP contribution in [0.5, 0.6) is 0 Å². The first kappa shape index (κ1) is 25.0. The molecule has 0 radical (unpaired) electrons. The highest BCUT2D eigenvalue weighted by molar-refractivity contribution is 4.88. The van der Waals surface area contributed by atoms with Gasteiger partial charge < -0.3 is 32.3 Å². The van der Waals surface area contributed by atoms with E-state index >= 15 is 0 Å². The van der Waals surface area contributed by atoms with Crippen LogP contribution >= 0.6 is 0 Å². The monoisotopic (exact) mass is 410 g/mol. The molecule has 2 unspecified atom stereocenters. The van der Waals surface area contributed by atoms with E-state index in [1.165, 1.54) is 64.2 Å². The van der Waals surface area contributed by atoms with Gasteiger partial charge in [-0.1, -0.05) is 45.4 Å². The summed E-state index contributed by atoms with van der Waals surface area (Å²) in [4.78, 5) is 0. The molecule has 0 aromatic rings. The molecule has 1 aliphatic heterocycles. The topological polar surface area (TPSA) is 86.2 Å². The molecule has 4 atom stereocenters. The summed E-state index contributed by atoms with van der Waals surface area (Å²) >= 11 is 0. The normalized spacial score (nSPS) is 30.8. The van der Waals surface area contributed by atoms with Crippen LogP contribution in [0, 0.1) is 0 Å². The quantitative estimate of drug-likeness (QED) is 0.342. The van der Waals surface area contributed by atoms with Gasteiger partial charge >= 0.3 is 0 Å². The van der Waals surface area contributed by atoms with Crippen molar-refractivity contribution >= 4 is 0 Å². The number of rotatable bonds is 8. The van der Waals surface area contributed by atoms with Gasteiger partial charge in [-0.2, -0.15) is 0 Å². The minimum absolute atomic E-state index is 0.544. The molecule has 7 N–H and O–H groups in total. The van der Waals surface area contributed by atoms with E-state index in [0.29, 0.717) is 24.2 Å². The molecule has 0 bridgehead atoms. The van der Waals surface area contributed by atoms with Crippen LogP contribution in [0.2, 0.25) is 0 Å². The van der Waals surface area contributed by atoms with Crippen LogP contribution in [0.15, 0.2) is 0 Å². The van der Waals surface area contributed by atoms with E-state index in [-0.39, 0.29) is 0 Å². The van der Waals surface area contributed by atoms with Gasteiger partial charge in [0.15, 0.2) is 0 Å². The number of nitrogens with two attached hydrogens (primary N) is 1. The van der Waals surface area contributed by atoms with Crippen molar-refractivity contribution in [2.24, 2.45) is 5.73 Å². The van der Waals surface area contributed by atoms with Crippen LogP contribution in [0.25, 0.3) is 0 Å². The summed E-state index contributed by atoms with van der Waals surface area (Å²) in [6.45, 7) is 9.48. The third-order valence-electron chi connectivity index (χ3n) is 6.65. The van der Waals surface area contributed by atoms with E-state index in [1.807, 2.05) is 0 Å². The predicted octanol–water partition coefficient (Wildman–Crippen LogP) is 1.71. The van der Waals surface area contributed by atoms with Crippen molar-refractivity contribution in [3.8, 4) is 0 Å². The van der Waals surface area contributed by atoms with Crippen LogP contribution in [-0.2, 0) is 0 Å². The van der Waals surface area contributed by atoms with Crippen LogP contribution in [-0.4, -0.2) is 70.0 Å². The molecule has 0 aromatic carbocycles. The number of hydrogen-bond donors (Lipinski definition) is 6. The highest BCUT2D eigenvalue weighted by Crippen LogP contribution is 2.19. The van der Waals surface area contributed by atoms with Gasteiger partial charge in [-0.15, -0.1) is 0 Å². The largest absolute Gasteiger partial charge is 0.330 e. The average molecular weight is 411 g/mol. The highest BCUT2D eigenvalue weighted by atomic mass is 15.1. The molecule has 2 fully saturated rings. The molecule has 2 aliphatic rings. The summed E-state index contributed by atoms with van der Waals surface area (Å²) in [6, 6.07) is 2.38. The second-order valence-corrected chi connectivity index (χ2v) is 9.15. The second kappa shape index (κ2) is 16.5. The highest BCUT2D eigenvalue weighted by Gasteiger charge is 2.25. The Kier molecular flexibility index (Phi) is 14.2. The van der Waals surface area contributed by atoms with Gasteiger partial charge in [0.1, 0.15) is 0 Å². The molecule has 1 saturated heterocycles. The van der Waals surface area contributed by atoms with Crippen molar-refractivity contribution in [1.29, 1.82) is 0 Å². The molecule has 2 rings (SSSR count). The van der Waals surface area contributed by atoms with Crippen LogP contribution in [0.4, 0.5) is 0 Å². The number of nitrogens with one attached hydrogen (secondary N) is 5. The van der Waals surface area contributed by atoms with Crippen molar-refractivity contribution in [3.05, 3.63) is 0 Å². The van der Waals surface area contributed by atoms with Gasteiger partial charge in [0.25, 0.3) is 0 Å². The zero-order valence-corrected chi connectivity index (χ0v) is 19.1. The molecule has 29 heavy (non-hydrogen) atoms. The lowest BCUT2D eigenvalue weighted by Gasteiger charge is -2.34. The Morgan fingerprint density at radius 1 is 0.690 bits per heavy atom. The van der Waals surface area contributed by atoms with E-state index in [1.54, 1.807) is 0 Å². The summed E-state index contributed by atoms with van der Waals surface area (Å²) in [5.41, 5.74) is 5.71. The molecule has 1 saturated carbocycles. The maximum absolute atomic E-state index is 5.71. The summed E-state index contributed by atoms with van der Waals surface area (Å²) in [5, 5.41) is 19.1. The van der Waals surface area contributed by atoms with Crippen molar-refractivity contribution in [2.45, 2.75) is 102 Å². The maximum atomic E-state index is 5.71. The fraction of sp³-hybridized carbons (Fsp3) is 1.00. The first-order valence-electron chi connectivity index (χ1n) is 12.7. The SMILES string of the molecule is CCCCC[C@H]1CNC2CCCCC2NCCNCCN[C@H](CCCCN)CN1. The summed E-state index contributed by atoms with van der Waals surface area (Å²) in [6.07, 6.45) is 14.2. The smallest absolute Gasteiger partial charge is 0.0221 e. The fourth-order valence-electron chi connectivity index (χ4n) is 4.79. The minimum Gasteiger partial charge on any atom is -0.330 e. The molecule has 0 spiro atoms. The molecule has 0 aromatic heterocycles. The average Bonchev–Trinajstić information content (AvgIpc) is 2.75. The minimum atomic E-state index is 0.544. The zero-order valence-electron chi connectivity index (χ0n) is 19.1. The van der Waals surface area contributed by atoms with E-state index in [4.69, 9.17) is 5.73 Å². The van der Waals surface area contributed by atoms with Gasteiger partial charge in [-0.3, -0.25) is 0 Å². The van der Waals surface area contributed by atoms with Crippen LogP contribution < -0.4 is 32.3 Å². The molecular weight excluding hydrogens is 360 g/mol. The van der Waals surface area contributed by atoms with Crippen molar-refractivity contribution in [1.82, 2.24) is 26.6 Å². The molecule has 1 heterocycles. The predicted molar refractivity (Wildman–Crippen MR) is 126 cm³/mol. The maximum Gasteiger partial charge on any atom is 0.0221 e. The van der Waals surface area contributed by atoms with E-state index in [2.05, 4.69) is 33.5 Å². The standard InChI is InChI=1S/C23H50N6/c1-2-3-4-9-21-19-29-23-12-6-5-11-22(23)27-17-15-25-14-16-26-20(18-28-21)10-7-8-13-24/h20-23,25-29H,2-19,24H2,1H3/t20-,21+,22?,23?/m1/s1. The van der Waals surface area contributed by atoms with Gasteiger partial charge in [-0.25, -0.2) is 0 Å². The summed E-state index contributed by atoms with van der Waals surface area (Å²) in [7, 11) is 0. The van der Waals surface area contributed by atoms with Crippen molar-refractivity contribution < 1.29 is 0 Å². The Morgan fingerprint density at radius 2 is 1.31 bits per heavy atom. The lowest BCUT2D eigenvalue weighted by molar-refractivity contribution is 0.271.